The number of nitrogens with zero attached hydrogens (tertiary/aromatic N) is 4. The van der Waals surface area contributed by atoms with Crippen LogP contribution in [0.25, 0.3) is 22.3 Å². The van der Waals surface area contributed by atoms with Crippen LogP contribution >= 0.6 is 0 Å². The first-order valence-electron chi connectivity index (χ1n) is 11.4. The summed E-state index contributed by atoms with van der Waals surface area (Å²) in [6.07, 6.45) is 10.2. The van der Waals surface area contributed by atoms with Gasteiger partial charge in [-0.2, -0.15) is 5.10 Å². The minimum atomic E-state index is -0.0122. The second-order valence-corrected chi connectivity index (χ2v) is 8.99. The molecule has 1 aromatic carbocycles. The van der Waals surface area contributed by atoms with Gasteiger partial charge in [-0.25, -0.2) is 9.67 Å². The second kappa shape index (κ2) is 7.86. The quantitative estimate of drug-likeness (QED) is 0.476. The summed E-state index contributed by atoms with van der Waals surface area (Å²) in [5, 5.41) is 8.76. The molecule has 0 unspecified atom stereocenters. The molecule has 3 aromatic heterocycles. The van der Waals surface area contributed by atoms with E-state index in [0.717, 1.165) is 27.9 Å². The van der Waals surface area contributed by atoms with Crippen molar-refractivity contribution in [1.82, 2.24) is 25.1 Å². The Morgan fingerprint density at radius 3 is 2.44 bits per heavy atom. The van der Waals surface area contributed by atoms with Crippen LogP contribution in [0, 0.1) is 11.8 Å². The molecule has 1 amide bonds. The highest BCUT2D eigenvalue weighted by Gasteiger charge is 2.42. The molecule has 0 spiro atoms. The molecule has 0 saturated heterocycles. The maximum atomic E-state index is 13.5. The Labute approximate surface area is 186 Å². The summed E-state index contributed by atoms with van der Waals surface area (Å²) in [5.74, 6) is 1.28. The Morgan fingerprint density at radius 2 is 1.75 bits per heavy atom. The summed E-state index contributed by atoms with van der Waals surface area (Å²) < 4.78 is 1.87. The van der Waals surface area contributed by atoms with Crippen molar-refractivity contribution in [2.45, 2.75) is 38.3 Å². The van der Waals surface area contributed by atoms with Crippen LogP contribution in [-0.2, 0) is 6.54 Å². The Hall–Kier alpha value is -3.54. The highest BCUT2D eigenvalue weighted by molar-refractivity contribution is 6.06. The summed E-state index contributed by atoms with van der Waals surface area (Å²) in [7, 11) is 0. The highest BCUT2D eigenvalue weighted by atomic mass is 16.1. The Morgan fingerprint density at radius 1 is 1.03 bits per heavy atom. The van der Waals surface area contributed by atoms with Gasteiger partial charge in [-0.1, -0.05) is 30.3 Å². The normalized spacial score (nSPS) is 15.9. The standard InChI is InChI=1S/C26H25N5O/c32-26(30-24(19-6-7-19)20-8-9-20)21-14-23(18-4-2-1-3-5-18)29-25-22(21)15-28-31(25)16-17-10-12-27-13-11-17/h1-5,10-15,19-20,24H,6-9,16H2,(H,30,32). The minimum Gasteiger partial charge on any atom is -0.349 e. The van der Waals surface area contributed by atoms with Crippen molar-refractivity contribution in [2.24, 2.45) is 11.8 Å². The van der Waals surface area contributed by atoms with Crippen LogP contribution in [0.2, 0.25) is 0 Å². The van der Waals surface area contributed by atoms with E-state index in [1.165, 1.54) is 25.7 Å². The maximum absolute atomic E-state index is 13.5. The molecule has 0 atom stereocenters. The lowest BCUT2D eigenvalue weighted by molar-refractivity contribution is 0.0928. The molecular weight excluding hydrogens is 398 g/mol. The molecule has 0 radical (unpaired) electrons. The SMILES string of the molecule is O=C(NC(C1CC1)C1CC1)c1cc(-c2ccccc2)nc2c1cnn2Cc1ccncc1. The van der Waals surface area contributed by atoms with Crippen LogP contribution < -0.4 is 5.32 Å². The molecule has 6 heteroatoms. The Bertz CT molecular complexity index is 1250. The number of carbonyl (C=O) groups excluding carboxylic acids is 1. The first kappa shape index (κ1) is 19.2. The molecular formula is C26H25N5O. The first-order valence-corrected chi connectivity index (χ1v) is 11.4. The summed E-state index contributed by atoms with van der Waals surface area (Å²) in [4.78, 5) is 22.5. The van der Waals surface area contributed by atoms with Gasteiger partial charge in [0.05, 0.1) is 29.4 Å². The number of hydrogen-bond donors (Lipinski definition) is 1. The van der Waals surface area contributed by atoms with Gasteiger partial charge in [0.15, 0.2) is 5.65 Å². The molecule has 32 heavy (non-hydrogen) atoms. The zero-order chi connectivity index (χ0) is 21.5. The summed E-state index contributed by atoms with van der Waals surface area (Å²) in [6.45, 7) is 0.574. The van der Waals surface area contributed by atoms with Gasteiger partial charge in [-0.3, -0.25) is 9.78 Å². The van der Waals surface area contributed by atoms with E-state index in [4.69, 9.17) is 4.98 Å². The largest absolute Gasteiger partial charge is 0.349 e. The van der Waals surface area contributed by atoms with Gasteiger partial charge in [0, 0.05) is 24.0 Å². The number of hydrogen-bond acceptors (Lipinski definition) is 4. The monoisotopic (exact) mass is 423 g/mol. The fourth-order valence-corrected chi connectivity index (χ4v) is 4.53. The highest BCUT2D eigenvalue weighted by Crippen LogP contribution is 2.44. The van der Waals surface area contributed by atoms with Crippen molar-refractivity contribution in [3.8, 4) is 11.3 Å². The molecule has 0 bridgehead atoms. The van der Waals surface area contributed by atoms with Gasteiger partial charge >= 0.3 is 0 Å². The Kier molecular flexibility index (Phi) is 4.71. The summed E-state index contributed by atoms with van der Waals surface area (Å²) in [6, 6.07) is 16.2. The van der Waals surface area contributed by atoms with Crippen LogP contribution in [0.4, 0.5) is 0 Å². The summed E-state index contributed by atoms with van der Waals surface area (Å²) >= 11 is 0. The van der Waals surface area contributed by atoms with E-state index in [2.05, 4.69) is 15.4 Å². The molecule has 2 aliphatic carbocycles. The third-order valence-corrected chi connectivity index (χ3v) is 6.56. The van der Waals surface area contributed by atoms with Gasteiger partial charge < -0.3 is 5.32 Å². The lowest BCUT2D eigenvalue weighted by Gasteiger charge is -2.18. The van der Waals surface area contributed by atoms with Crippen LogP contribution in [0.3, 0.4) is 0 Å². The van der Waals surface area contributed by atoms with Crippen molar-refractivity contribution in [3.05, 3.63) is 78.2 Å². The zero-order valence-corrected chi connectivity index (χ0v) is 17.8. The molecule has 160 valence electrons. The molecule has 0 aliphatic heterocycles. The van der Waals surface area contributed by atoms with E-state index < -0.39 is 0 Å². The van der Waals surface area contributed by atoms with Crippen molar-refractivity contribution >= 4 is 16.9 Å². The lowest BCUT2D eigenvalue weighted by atomic mass is 10.0. The fraction of sp³-hybridized carbons (Fsp3) is 0.308. The van der Waals surface area contributed by atoms with Gasteiger partial charge in [0.25, 0.3) is 5.91 Å². The van der Waals surface area contributed by atoms with E-state index in [0.29, 0.717) is 30.0 Å². The smallest absolute Gasteiger partial charge is 0.252 e. The van der Waals surface area contributed by atoms with E-state index in [1.54, 1.807) is 18.6 Å². The van der Waals surface area contributed by atoms with Crippen molar-refractivity contribution in [3.63, 3.8) is 0 Å². The van der Waals surface area contributed by atoms with E-state index in [1.807, 2.05) is 53.2 Å². The van der Waals surface area contributed by atoms with Crippen molar-refractivity contribution in [1.29, 1.82) is 0 Å². The molecule has 2 aliphatic rings. The lowest BCUT2D eigenvalue weighted by Crippen LogP contribution is -2.38. The number of carbonyl (C=O) groups is 1. The predicted octanol–water partition coefficient (Wildman–Crippen LogP) is 4.46. The molecule has 2 fully saturated rings. The molecule has 1 N–H and O–H groups in total. The number of benzene rings is 1. The predicted molar refractivity (Wildman–Crippen MR) is 123 cm³/mol. The third-order valence-electron chi connectivity index (χ3n) is 6.56. The molecule has 6 rings (SSSR count). The summed E-state index contributed by atoms with van der Waals surface area (Å²) in [5.41, 5.74) is 4.24. The van der Waals surface area contributed by atoms with Crippen molar-refractivity contribution < 1.29 is 4.79 Å². The Balaban J connectivity index is 1.42. The van der Waals surface area contributed by atoms with E-state index >= 15 is 0 Å². The third kappa shape index (κ3) is 3.77. The van der Waals surface area contributed by atoms with Gasteiger partial charge in [0.1, 0.15) is 0 Å². The molecule has 2 saturated carbocycles. The zero-order valence-electron chi connectivity index (χ0n) is 17.8. The van der Waals surface area contributed by atoms with E-state index in [-0.39, 0.29) is 5.91 Å². The number of aromatic nitrogens is 4. The molecule has 6 nitrogen and oxygen atoms in total. The number of pyridine rings is 2. The second-order valence-electron chi connectivity index (χ2n) is 8.99. The van der Waals surface area contributed by atoms with Crippen LogP contribution in [0.15, 0.2) is 67.1 Å². The first-order chi connectivity index (χ1) is 15.8. The van der Waals surface area contributed by atoms with Gasteiger partial charge in [0.2, 0.25) is 0 Å². The molecule has 4 aromatic rings. The maximum Gasteiger partial charge on any atom is 0.252 e. The number of nitrogens with one attached hydrogen (secondary N) is 1. The molecule has 3 heterocycles. The average Bonchev–Trinajstić information content (AvgIpc) is 3.77. The van der Waals surface area contributed by atoms with Crippen molar-refractivity contribution in [2.75, 3.05) is 0 Å². The number of fused-ring (bicyclic) bond motifs is 1. The fourth-order valence-electron chi connectivity index (χ4n) is 4.53. The van der Waals surface area contributed by atoms with E-state index in [9.17, 15) is 4.79 Å². The average molecular weight is 424 g/mol. The van der Waals surface area contributed by atoms with Gasteiger partial charge in [-0.15, -0.1) is 0 Å². The van der Waals surface area contributed by atoms with Gasteiger partial charge in [-0.05, 0) is 61.3 Å². The number of amides is 1. The minimum absolute atomic E-state index is 0.0122. The topological polar surface area (TPSA) is 72.7 Å². The van der Waals surface area contributed by atoms with Crippen LogP contribution in [-0.4, -0.2) is 31.7 Å². The van der Waals surface area contributed by atoms with Crippen LogP contribution in [0.1, 0.15) is 41.6 Å². The number of rotatable bonds is 7. The van der Waals surface area contributed by atoms with Crippen LogP contribution in [0.5, 0.6) is 0 Å².